The van der Waals surface area contributed by atoms with E-state index in [1.807, 2.05) is 0 Å². The Kier molecular flexibility index (Phi) is 4.81. The predicted octanol–water partition coefficient (Wildman–Crippen LogP) is 1.86. The van der Waals surface area contributed by atoms with E-state index in [-0.39, 0.29) is 11.1 Å². The van der Waals surface area contributed by atoms with Crippen LogP contribution in [0.2, 0.25) is 0 Å². The van der Waals surface area contributed by atoms with Gasteiger partial charge in [0, 0.05) is 0 Å². The number of ether oxygens (including phenoxy) is 1. The summed E-state index contributed by atoms with van der Waals surface area (Å²) >= 11 is -3.01. The third-order valence-electron chi connectivity index (χ3n) is 2.46. The lowest BCUT2D eigenvalue weighted by molar-refractivity contribution is 0.0694. The zero-order valence-corrected chi connectivity index (χ0v) is 11.4. The van der Waals surface area contributed by atoms with E-state index in [0.717, 1.165) is 0 Å². The molecule has 21 heavy (non-hydrogen) atoms. The third kappa shape index (κ3) is 3.98. The molecular formula is C14H9O6S-. The molecule has 0 saturated carbocycles. The van der Waals surface area contributed by atoms with Gasteiger partial charge in [-0.15, -0.1) is 0 Å². The van der Waals surface area contributed by atoms with E-state index in [1.54, 1.807) is 30.3 Å². The monoisotopic (exact) mass is 305 g/mol. The predicted molar refractivity (Wildman–Crippen MR) is 72.2 cm³/mol. The van der Waals surface area contributed by atoms with Crippen molar-refractivity contribution in [1.82, 2.24) is 0 Å². The summed E-state index contributed by atoms with van der Waals surface area (Å²) in [7, 11) is 0. The van der Waals surface area contributed by atoms with Crippen LogP contribution in [0.4, 0.5) is 0 Å². The van der Waals surface area contributed by atoms with Crippen molar-refractivity contribution < 1.29 is 27.3 Å². The van der Waals surface area contributed by atoms with Gasteiger partial charge in [-0.3, -0.25) is 0 Å². The highest BCUT2D eigenvalue weighted by Gasteiger charge is 2.19. The molecule has 0 spiro atoms. The summed E-state index contributed by atoms with van der Waals surface area (Å²) in [6.45, 7) is 0. The lowest BCUT2D eigenvalue weighted by Crippen LogP contribution is -2.16. The highest BCUT2D eigenvalue weighted by atomic mass is 32.2. The maximum absolute atomic E-state index is 12.0. The van der Waals surface area contributed by atoms with E-state index in [9.17, 15) is 18.4 Å². The minimum Gasteiger partial charge on any atom is -0.740 e. The standard InChI is InChI=1S/C14H10O6S/c15-13(19-10-6-2-1-3-7-10)11-8-4-5-9-12(11)14(16)20-21(17)18/h1-9H,(H,17,18)/p-1. The first-order valence-corrected chi connectivity index (χ1v) is 6.76. The largest absolute Gasteiger partial charge is 0.740 e. The van der Waals surface area contributed by atoms with E-state index in [2.05, 4.69) is 4.18 Å². The third-order valence-corrected chi connectivity index (χ3v) is 2.75. The second-order valence-electron chi connectivity index (χ2n) is 3.82. The van der Waals surface area contributed by atoms with Crippen LogP contribution in [0.15, 0.2) is 54.6 Å². The molecular weight excluding hydrogens is 296 g/mol. The summed E-state index contributed by atoms with van der Waals surface area (Å²) in [5.74, 6) is -1.63. The van der Waals surface area contributed by atoms with E-state index in [1.165, 1.54) is 24.3 Å². The molecule has 0 radical (unpaired) electrons. The number of hydrogen-bond acceptors (Lipinski definition) is 6. The van der Waals surface area contributed by atoms with Crippen LogP contribution in [0, 0.1) is 0 Å². The van der Waals surface area contributed by atoms with Gasteiger partial charge in [0.1, 0.15) is 17.1 Å². The van der Waals surface area contributed by atoms with E-state index in [0.29, 0.717) is 5.75 Å². The SMILES string of the molecule is O=C(Oc1ccccc1)c1ccccc1C(=O)OS(=O)[O-]. The summed E-state index contributed by atoms with van der Waals surface area (Å²) in [6, 6.07) is 13.9. The highest BCUT2D eigenvalue weighted by Crippen LogP contribution is 2.16. The van der Waals surface area contributed by atoms with Crippen LogP contribution < -0.4 is 4.74 Å². The van der Waals surface area contributed by atoms with Crippen molar-refractivity contribution in [3.63, 3.8) is 0 Å². The van der Waals surface area contributed by atoms with Crippen molar-refractivity contribution in [1.29, 1.82) is 0 Å². The van der Waals surface area contributed by atoms with E-state index >= 15 is 0 Å². The average molecular weight is 305 g/mol. The van der Waals surface area contributed by atoms with Crippen LogP contribution in [-0.4, -0.2) is 20.7 Å². The quantitative estimate of drug-likeness (QED) is 0.486. The lowest BCUT2D eigenvalue weighted by Gasteiger charge is -2.09. The zero-order chi connectivity index (χ0) is 15.2. The van der Waals surface area contributed by atoms with Gasteiger partial charge in [-0.2, -0.15) is 0 Å². The Morgan fingerprint density at radius 1 is 0.857 bits per heavy atom. The molecule has 0 N–H and O–H groups in total. The first-order chi connectivity index (χ1) is 10.1. The molecule has 0 aliphatic heterocycles. The molecule has 0 amide bonds. The highest BCUT2D eigenvalue weighted by molar-refractivity contribution is 7.74. The molecule has 0 bridgehead atoms. The van der Waals surface area contributed by atoms with Crippen LogP contribution in [0.25, 0.3) is 0 Å². The van der Waals surface area contributed by atoms with Gasteiger partial charge in [0.15, 0.2) is 0 Å². The first-order valence-electron chi connectivity index (χ1n) is 5.76. The normalized spacial score (nSPS) is 11.5. The van der Waals surface area contributed by atoms with Crippen LogP contribution >= 0.6 is 0 Å². The van der Waals surface area contributed by atoms with Gasteiger partial charge in [0.25, 0.3) is 0 Å². The Labute approximate surface area is 122 Å². The second-order valence-corrected chi connectivity index (χ2v) is 4.40. The summed E-state index contributed by atoms with van der Waals surface area (Å²) in [6.07, 6.45) is 0. The molecule has 2 aromatic carbocycles. The Bertz CT molecular complexity index is 683. The number of benzene rings is 2. The summed E-state index contributed by atoms with van der Waals surface area (Å²) in [5, 5.41) is 0. The minimum absolute atomic E-state index is 0.0863. The van der Waals surface area contributed by atoms with Crippen molar-refractivity contribution in [2.24, 2.45) is 0 Å². The second kappa shape index (κ2) is 6.78. The molecule has 0 heterocycles. The van der Waals surface area contributed by atoms with Gasteiger partial charge in [-0.25, -0.2) is 13.8 Å². The molecule has 0 aromatic heterocycles. The maximum atomic E-state index is 12.0. The smallest absolute Gasteiger partial charge is 0.352 e. The molecule has 2 rings (SSSR count). The molecule has 1 atom stereocenters. The minimum atomic E-state index is -3.01. The first kappa shape index (κ1) is 14.9. The summed E-state index contributed by atoms with van der Waals surface area (Å²) in [5.41, 5.74) is -0.278. The number of hydrogen-bond donors (Lipinski definition) is 0. The lowest BCUT2D eigenvalue weighted by atomic mass is 10.1. The van der Waals surface area contributed by atoms with E-state index in [4.69, 9.17) is 4.74 Å². The number of carbonyl (C=O) groups is 2. The van der Waals surface area contributed by atoms with Gasteiger partial charge in [-0.1, -0.05) is 30.3 Å². The van der Waals surface area contributed by atoms with E-state index < -0.39 is 23.3 Å². The number of esters is 1. The number of para-hydroxylation sites is 1. The molecule has 0 fully saturated rings. The fourth-order valence-electron chi connectivity index (χ4n) is 1.60. The molecule has 7 heteroatoms. The molecule has 2 aromatic rings. The molecule has 6 nitrogen and oxygen atoms in total. The van der Waals surface area contributed by atoms with Gasteiger partial charge in [0.05, 0.1) is 11.1 Å². The van der Waals surface area contributed by atoms with Gasteiger partial charge < -0.3 is 13.5 Å². The number of carbonyl (C=O) groups excluding carboxylic acids is 2. The van der Waals surface area contributed by atoms with Crippen molar-refractivity contribution in [3.8, 4) is 5.75 Å². The fourth-order valence-corrected chi connectivity index (χ4v) is 1.81. The Morgan fingerprint density at radius 2 is 1.38 bits per heavy atom. The van der Waals surface area contributed by atoms with Crippen molar-refractivity contribution in [3.05, 3.63) is 65.7 Å². The summed E-state index contributed by atoms with van der Waals surface area (Å²) < 4.78 is 29.9. The van der Waals surface area contributed by atoms with Gasteiger partial charge >= 0.3 is 11.9 Å². The summed E-state index contributed by atoms with van der Waals surface area (Å²) in [4.78, 5) is 23.7. The van der Waals surface area contributed by atoms with Gasteiger partial charge in [0.2, 0.25) is 0 Å². The molecule has 0 saturated heterocycles. The Hall–Kier alpha value is -2.51. The molecule has 108 valence electrons. The van der Waals surface area contributed by atoms with Crippen LogP contribution in [-0.2, 0) is 15.5 Å². The topological polar surface area (TPSA) is 92.7 Å². The van der Waals surface area contributed by atoms with Crippen molar-refractivity contribution >= 4 is 23.3 Å². The van der Waals surface area contributed by atoms with Crippen LogP contribution in [0.1, 0.15) is 20.7 Å². The molecule has 0 aliphatic carbocycles. The van der Waals surface area contributed by atoms with Crippen molar-refractivity contribution in [2.45, 2.75) is 0 Å². The zero-order valence-electron chi connectivity index (χ0n) is 10.6. The van der Waals surface area contributed by atoms with Crippen LogP contribution in [0.3, 0.4) is 0 Å². The Balaban J connectivity index is 2.25. The number of rotatable bonds is 4. The Morgan fingerprint density at radius 3 is 1.95 bits per heavy atom. The maximum Gasteiger partial charge on any atom is 0.352 e. The molecule has 1 unspecified atom stereocenters. The van der Waals surface area contributed by atoms with Crippen molar-refractivity contribution in [2.75, 3.05) is 0 Å². The molecule has 0 aliphatic rings. The fraction of sp³-hybridized carbons (Fsp3) is 0. The average Bonchev–Trinajstić information content (AvgIpc) is 2.47. The van der Waals surface area contributed by atoms with Gasteiger partial charge in [-0.05, 0) is 24.3 Å². The van der Waals surface area contributed by atoms with Crippen LogP contribution in [0.5, 0.6) is 5.75 Å².